The molecule has 1 aliphatic heterocycles. The second-order valence-corrected chi connectivity index (χ2v) is 12.1. The molecule has 0 atom stereocenters. The van der Waals surface area contributed by atoms with Crippen LogP contribution in [0, 0.1) is 13.8 Å². The highest BCUT2D eigenvalue weighted by Gasteiger charge is 2.21. The van der Waals surface area contributed by atoms with Crippen molar-refractivity contribution < 1.29 is 13.2 Å². The summed E-state index contributed by atoms with van der Waals surface area (Å²) in [6, 6.07) is 18.9. The molecule has 8 nitrogen and oxygen atoms in total. The van der Waals surface area contributed by atoms with Crippen molar-refractivity contribution in [1.82, 2.24) is 15.2 Å². The largest absolute Gasteiger partial charge is 0.351 e. The van der Waals surface area contributed by atoms with E-state index in [0.29, 0.717) is 17.8 Å². The van der Waals surface area contributed by atoms with Gasteiger partial charge in [-0.15, -0.1) is 0 Å². The Morgan fingerprint density at radius 1 is 0.921 bits per heavy atom. The Morgan fingerprint density at radius 3 is 2.29 bits per heavy atom. The van der Waals surface area contributed by atoms with Gasteiger partial charge in [-0.1, -0.05) is 41.7 Å². The number of benzene rings is 3. The van der Waals surface area contributed by atoms with Crippen LogP contribution in [-0.2, 0) is 10.0 Å². The summed E-state index contributed by atoms with van der Waals surface area (Å²) in [5.41, 5.74) is 4.48. The van der Waals surface area contributed by atoms with Crippen molar-refractivity contribution >= 4 is 48.3 Å². The Balaban J connectivity index is 1.08. The van der Waals surface area contributed by atoms with E-state index in [0.717, 1.165) is 43.4 Å². The predicted molar refractivity (Wildman–Crippen MR) is 154 cm³/mol. The molecule has 5 rings (SSSR count). The first-order valence-electron chi connectivity index (χ1n) is 12.6. The molecule has 38 heavy (non-hydrogen) atoms. The van der Waals surface area contributed by atoms with Crippen LogP contribution in [0.25, 0.3) is 10.2 Å². The van der Waals surface area contributed by atoms with E-state index in [4.69, 9.17) is 4.98 Å². The summed E-state index contributed by atoms with van der Waals surface area (Å²) in [5.74, 6) is -0.179. The number of aryl methyl sites for hydroxylation is 2. The van der Waals surface area contributed by atoms with E-state index in [9.17, 15) is 13.2 Å². The monoisotopic (exact) mass is 549 g/mol. The third kappa shape index (κ3) is 5.82. The molecule has 1 amide bonds. The van der Waals surface area contributed by atoms with Gasteiger partial charge >= 0.3 is 0 Å². The van der Waals surface area contributed by atoms with Crippen LogP contribution >= 0.6 is 11.3 Å². The number of amides is 1. The highest BCUT2D eigenvalue weighted by Crippen LogP contribution is 2.33. The van der Waals surface area contributed by atoms with E-state index in [2.05, 4.69) is 45.8 Å². The minimum absolute atomic E-state index is 0.179. The molecule has 1 fully saturated rings. The average Bonchev–Trinajstić information content (AvgIpc) is 3.39. The minimum Gasteiger partial charge on any atom is -0.351 e. The zero-order chi connectivity index (χ0) is 26.7. The molecule has 0 aliphatic carbocycles. The van der Waals surface area contributed by atoms with E-state index in [1.54, 1.807) is 53.8 Å². The lowest BCUT2D eigenvalue weighted by atomic mass is 10.1. The van der Waals surface area contributed by atoms with Gasteiger partial charge in [-0.3, -0.25) is 14.4 Å². The van der Waals surface area contributed by atoms with E-state index in [1.807, 2.05) is 0 Å². The molecule has 0 unspecified atom stereocenters. The molecule has 1 aliphatic rings. The number of piperazine rings is 1. The van der Waals surface area contributed by atoms with Gasteiger partial charge in [-0.05, 0) is 61.4 Å². The molecular weight excluding hydrogens is 518 g/mol. The fraction of sp³-hybridized carbons (Fsp3) is 0.286. The zero-order valence-electron chi connectivity index (χ0n) is 21.5. The van der Waals surface area contributed by atoms with Crippen molar-refractivity contribution in [2.24, 2.45) is 0 Å². The van der Waals surface area contributed by atoms with E-state index in [1.165, 1.54) is 28.0 Å². The molecule has 1 aromatic heterocycles. The van der Waals surface area contributed by atoms with Gasteiger partial charge in [0.25, 0.3) is 15.9 Å². The summed E-state index contributed by atoms with van der Waals surface area (Å²) in [6.07, 6.45) is 0. The van der Waals surface area contributed by atoms with Gasteiger partial charge < -0.3 is 10.2 Å². The normalized spacial score (nSPS) is 14.5. The topological polar surface area (TPSA) is 94.6 Å². The fourth-order valence-electron chi connectivity index (χ4n) is 4.48. The van der Waals surface area contributed by atoms with Crippen LogP contribution in [0.5, 0.6) is 0 Å². The number of hydrogen-bond acceptors (Lipinski definition) is 7. The maximum atomic E-state index is 12.6. The molecular formula is C28H31N5O3S2. The van der Waals surface area contributed by atoms with Gasteiger partial charge in [0.15, 0.2) is 5.13 Å². The molecule has 0 spiro atoms. The molecule has 0 saturated carbocycles. The van der Waals surface area contributed by atoms with Gasteiger partial charge in [0.05, 0.1) is 15.1 Å². The Hall–Kier alpha value is -3.47. The number of anilines is 2. The zero-order valence-corrected chi connectivity index (χ0v) is 23.1. The first-order valence-corrected chi connectivity index (χ1v) is 14.9. The van der Waals surface area contributed by atoms with Crippen molar-refractivity contribution in [3.8, 4) is 0 Å². The van der Waals surface area contributed by atoms with Crippen molar-refractivity contribution in [2.75, 3.05) is 48.9 Å². The maximum Gasteiger partial charge on any atom is 0.261 e. The van der Waals surface area contributed by atoms with Crippen LogP contribution in [0.2, 0.25) is 0 Å². The summed E-state index contributed by atoms with van der Waals surface area (Å²) in [7, 11) is -3.67. The van der Waals surface area contributed by atoms with Gasteiger partial charge in [0, 0.05) is 50.5 Å². The Morgan fingerprint density at radius 2 is 1.61 bits per heavy atom. The molecule has 0 radical (unpaired) electrons. The second kappa shape index (κ2) is 11.1. The standard InChI is InChI=1S/C28H31N5O3S2/c1-20-8-9-21(2)26-25(20)30-28(37-26)33-18-16-32(17-19-33)15-14-29-27(34)22-10-12-23(13-11-22)31-38(35,36)24-6-4-3-5-7-24/h3-13,31H,14-19H2,1-2H3,(H,29,34). The van der Waals surface area contributed by atoms with Gasteiger partial charge in [-0.25, -0.2) is 13.4 Å². The third-order valence-electron chi connectivity index (χ3n) is 6.74. The quantitative estimate of drug-likeness (QED) is 0.341. The SMILES string of the molecule is Cc1ccc(C)c2sc(N3CCN(CCNC(=O)c4ccc(NS(=O)(=O)c5ccccc5)cc4)CC3)nc12. The molecule has 3 aromatic carbocycles. The highest BCUT2D eigenvalue weighted by atomic mass is 32.2. The number of hydrogen-bond donors (Lipinski definition) is 2. The Bertz CT molecular complexity index is 1490. The number of aromatic nitrogens is 1. The van der Waals surface area contributed by atoms with Crippen LogP contribution in [0.15, 0.2) is 71.6 Å². The van der Waals surface area contributed by atoms with Crippen LogP contribution in [-0.4, -0.2) is 63.5 Å². The molecule has 1 saturated heterocycles. The number of sulfonamides is 1. The second-order valence-electron chi connectivity index (χ2n) is 9.45. The smallest absolute Gasteiger partial charge is 0.261 e. The molecule has 0 bridgehead atoms. The summed E-state index contributed by atoms with van der Waals surface area (Å²) in [6.45, 7) is 9.21. The molecule has 2 N–H and O–H groups in total. The number of fused-ring (bicyclic) bond motifs is 1. The highest BCUT2D eigenvalue weighted by molar-refractivity contribution is 7.92. The number of carbonyl (C=O) groups is 1. The van der Waals surface area contributed by atoms with Crippen LogP contribution < -0.4 is 14.9 Å². The lowest BCUT2D eigenvalue weighted by molar-refractivity contribution is 0.0948. The molecule has 4 aromatic rings. The lowest BCUT2D eigenvalue weighted by Crippen LogP contribution is -2.48. The third-order valence-corrected chi connectivity index (χ3v) is 9.39. The van der Waals surface area contributed by atoms with Gasteiger partial charge in [-0.2, -0.15) is 0 Å². The first-order chi connectivity index (χ1) is 18.3. The Labute approximate surface area is 227 Å². The summed E-state index contributed by atoms with van der Waals surface area (Å²) >= 11 is 1.77. The van der Waals surface area contributed by atoms with E-state index >= 15 is 0 Å². The predicted octanol–water partition coefficient (Wildman–Crippen LogP) is 4.27. The number of thiazole rings is 1. The average molecular weight is 550 g/mol. The summed E-state index contributed by atoms with van der Waals surface area (Å²) < 4.78 is 28.8. The van der Waals surface area contributed by atoms with Gasteiger partial charge in [0.1, 0.15) is 0 Å². The first kappa shape index (κ1) is 26.1. The number of carbonyl (C=O) groups excluding carboxylic acids is 1. The van der Waals surface area contributed by atoms with Crippen molar-refractivity contribution in [3.05, 3.63) is 83.4 Å². The van der Waals surface area contributed by atoms with Crippen molar-refractivity contribution in [1.29, 1.82) is 0 Å². The maximum absolute atomic E-state index is 12.6. The molecule has 10 heteroatoms. The van der Waals surface area contributed by atoms with Crippen molar-refractivity contribution in [3.63, 3.8) is 0 Å². The lowest BCUT2D eigenvalue weighted by Gasteiger charge is -2.34. The Kier molecular flexibility index (Phi) is 7.64. The molecule has 2 heterocycles. The van der Waals surface area contributed by atoms with Crippen LogP contribution in [0.3, 0.4) is 0 Å². The van der Waals surface area contributed by atoms with Crippen LogP contribution in [0.1, 0.15) is 21.5 Å². The number of nitrogens with zero attached hydrogens (tertiary/aromatic N) is 3. The minimum atomic E-state index is -3.67. The van der Waals surface area contributed by atoms with Crippen LogP contribution in [0.4, 0.5) is 10.8 Å². The fourth-order valence-corrected chi connectivity index (χ4v) is 6.72. The van der Waals surface area contributed by atoms with E-state index in [-0.39, 0.29) is 10.8 Å². The van der Waals surface area contributed by atoms with Crippen molar-refractivity contribution in [2.45, 2.75) is 18.7 Å². The summed E-state index contributed by atoms with van der Waals surface area (Å²) in [5, 5.41) is 4.05. The van der Waals surface area contributed by atoms with E-state index < -0.39 is 10.0 Å². The molecule has 198 valence electrons. The number of rotatable bonds is 8. The summed E-state index contributed by atoms with van der Waals surface area (Å²) in [4.78, 5) is 22.4. The number of nitrogens with one attached hydrogen (secondary N) is 2. The van der Waals surface area contributed by atoms with Gasteiger partial charge in [0.2, 0.25) is 0 Å².